The highest BCUT2D eigenvalue weighted by atomic mass is 32.2. The molecule has 1 fully saturated rings. The highest BCUT2D eigenvalue weighted by Crippen LogP contribution is 2.26. The third kappa shape index (κ3) is 4.58. The zero-order valence-electron chi connectivity index (χ0n) is 11.2. The van der Waals surface area contributed by atoms with Crippen molar-refractivity contribution in [2.45, 2.75) is 52.1 Å². The quantitative estimate of drug-likeness (QED) is 0.446. The molecule has 1 aliphatic carbocycles. The standard InChI is InChI=1S/C12H20O6S/c1-9(13)12(2,8-17-19(15)16)11(14)18-10-6-4-3-5-7-10/h10,19H,3-8H2,1-2H3. The van der Waals surface area contributed by atoms with Crippen molar-refractivity contribution in [3.05, 3.63) is 0 Å². The van der Waals surface area contributed by atoms with Gasteiger partial charge in [0.15, 0.2) is 0 Å². The molecular formula is C12H20O6S. The third-order valence-corrected chi connectivity index (χ3v) is 3.85. The predicted octanol–water partition coefficient (Wildman–Crippen LogP) is 1.00. The van der Waals surface area contributed by atoms with Gasteiger partial charge >= 0.3 is 5.97 Å². The van der Waals surface area contributed by atoms with Crippen molar-refractivity contribution < 1.29 is 26.9 Å². The lowest BCUT2D eigenvalue weighted by Gasteiger charge is -2.28. The van der Waals surface area contributed by atoms with E-state index in [0.29, 0.717) is 0 Å². The minimum absolute atomic E-state index is 0.180. The van der Waals surface area contributed by atoms with Crippen molar-refractivity contribution in [2.75, 3.05) is 6.61 Å². The van der Waals surface area contributed by atoms with Crippen molar-refractivity contribution in [1.82, 2.24) is 0 Å². The van der Waals surface area contributed by atoms with E-state index in [-0.39, 0.29) is 6.10 Å². The van der Waals surface area contributed by atoms with Gasteiger partial charge in [0.1, 0.15) is 17.3 Å². The van der Waals surface area contributed by atoms with Crippen molar-refractivity contribution in [3.63, 3.8) is 0 Å². The molecule has 0 spiro atoms. The molecule has 1 rings (SSSR count). The number of ether oxygens (including phenoxy) is 1. The molecule has 0 aromatic rings. The Labute approximate surface area is 114 Å². The first-order chi connectivity index (χ1) is 8.86. The van der Waals surface area contributed by atoms with Crippen LogP contribution in [0.5, 0.6) is 0 Å². The Morgan fingerprint density at radius 3 is 2.26 bits per heavy atom. The fraction of sp³-hybridized carbons (Fsp3) is 0.833. The summed E-state index contributed by atoms with van der Waals surface area (Å²) in [6, 6.07) is 0. The molecule has 1 saturated carbocycles. The van der Waals surface area contributed by atoms with Crippen LogP contribution in [0.1, 0.15) is 46.0 Å². The zero-order chi connectivity index (χ0) is 14.5. The molecule has 0 aliphatic heterocycles. The molecule has 0 aromatic carbocycles. The fourth-order valence-corrected chi connectivity index (χ4v) is 2.31. The van der Waals surface area contributed by atoms with Crippen LogP contribution in [0.2, 0.25) is 0 Å². The molecule has 0 bridgehead atoms. The average molecular weight is 292 g/mol. The Balaban J connectivity index is 2.68. The van der Waals surface area contributed by atoms with Crippen LogP contribution in [0.15, 0.2) is 0 Å². The second-order valence-electron chi connectivity index (χ2n) is 5.05. The second-order valence-corrected chi connectivity index (χ2v) is 5.76. The molecule has 110 valence electrons. The van der Waals surface area contributed by atoms with Gasteiger partial charge in [-0.1, -0.05) is 6.42 Å². The molecule has 19 heavy (non-hydrogen) atoms. The van der Waals surface area contributed by atoms with Gasteiger partial charge in [-0.3, -0.25) is 13.8 Å². The Hall–Kier alpha value is -0.950. The van der Waals surface area contributed by atoms with Gasteiger partial charge in [-0.25, -0.2) is 8.42 Å². The minimum atomic E-state index is -3.09. The summed E-state index contributed by atoms with van der Waals surface area (Å²) in [6.45, 7) is 2.06. The zero-order valence-corrected chi connectivity index (χ0v) is 12.1. The fourth-order valence-electron chi connectivity index (χ4n) is 1.95. The normalized spacial score (nSPS) is 19.9. The predicted molar refractivity (Wildman–Crippen MR) is 68.0 cm³/mol. The summed E-state index contributed by atoms with van der Waals surface area (Å²) in [4.78, 5) is 23.7. The molecule has 7 heteroatoms. The van der Waals surface area contributed by atoms with E-state index in [4.69, 9.17) is 4.74 Å². The number of carbonyl (C=O) groups is 2. The summed E-state index contributed by atoms with van der Waals surface area (Å²) in [5, 5.41) is 0. The molecule has 0 radical (unpaired) electrons. The van der Waals surface area contributed by atoms with E-state index in [1.165, 1.54) is 13.8 Å². The van der Waals surface area contributed by atoms with Crippen LogP contribution in [0.3, 0.4) is 0 Å². The summed E-state index contributed by atoms with van der Waals surface area (Å²) < 4.78 is 30.6. The van der Waals surface area contributed by atoms with Crippen LogP contribution in [0.25, 0.3) is 0 Å². The second kappa shape index (κ2) is 7.00. The van der Waals surface area contributed by atoms with Crippen LogP contribution in [-0.2, 0) is 29.5 Å². The van der Waals surface area contributed by atoms with E-state index < -0.39 is 34.8 Å². The van der Waals surface area contributed by atoms with Gasteiger partial charge in [0.25, 0.3) is 11.0 Å². The SMILES string of the molecule is CC(=O)C(C)(CO[SH](=O)=O)C(=O)OC1CCCCC1. The highest BCUT2D eigenvalue weighted by molar-refractivity contribution is 7.67. The van der Waals surface area contributed by atoms with Crippen LogP contribution >= 0.6 is 0 Å². The van der Waals surface area contributed by atoms with E-state index in [9.17, 15) is 18.0 Å². The maximum absolute atomic E-state index is 12.1. The van der Waals surface area contributed by atoms with E-state index in [2.05, 4.69) is 4.18 Å². The Morgan fingerprint density at radius 2 is 1.79 bits per heavy atom. The molecule has 0 N–H and O–H groups in total. The number of esters is 1. The number of hydrogen-bond acceptors (Lipinski definition) is 6. The minimum Gasteiger partial charge on any atom is -0.462 e. The largest absolute Gasteiger partial charge is 0.462 e. The smallest absolute Gasteiger partial charge is 0.322 e. The lowest BCUT2D eigenvalue weighted by Crippen LogP contribution is -2.42. The number of carbonyl (C=O) groups excluding carboxylic acids is 2. The Morgan fingerprint density at radius 1 is 1.21 bits per heavy atom. The van der Waals surface area contributed by atoms with Crippen molar-refractivity contribution in [1.29, 1.82) is 0 Å². The van der Waals surface area contributed by atoms with Crippen molar-refractivity contribution >= 4 is 22.7 Å². The summed E-state index contributed by atoms with van der Waals surface area (Å²) in [5.41, 5.74) is -1.56. The number of thiol groups is 1. The van der Waals surface area contributed by atoms with Crippen LogP contribution in [0, 0.1) is 5.41 Å². The van der Waals surface area contributed by atoms with Gasteiger partial charge in [0.2, 0.25) is 0 Å². The first-order valence-corrected chi connectivity index (χ1v) is 7.45. The first kappa shape index (κ1) is 16.1. The molecule has 1 atom stereocenters. The van der Waals surface area contributed by atoms with Crippen molar-refractivity contribution in [2.24, 2.45) is 5.41 Å². The summed E-state index contributed by atoms with van der Waals surface area (Å²) in [5.74, 6) is -1.17. The number of ketones is 1. The van der Waals surface area contributed by atoms with Gasteiger partial charge < -0.3 is 4.74 Å². The molecule has 0 saturated heterocycles. The third-order valence-electron chi connectivity index (χ3n) is 3.51. The van der Waals surface area contributed by atoms with Crippen LogP contribution in [0.4, 0.5) is 0 Å². The average Bonchev–Trinajstić information content (AvgIpc) is 2.36. The maximum atomic E-state index is 12.1. The molecule has 0 aromatic heterocycles. The number of hydrogen-bond donors (Lipinski definition) is 1. The van der Waals surface area contributed by atoms with Gasteiger partial charge in [0.05, 0.1) is 6.61 Å². The van der Waals surface area contributed by atoms with Crippen LogP contribution in [-0.4, -0.2) is 32.9 Å². The van der Waals surface area contributed by atoms with Gasteiger partial charge in [0, 0.05) is 0 Å². The summed E-state index contributed by atoms with van der Waals surface area (Å²) in [6.07, 6.45) is 4.51. The Bertz CT molecular complexity index is 402. The molecule has 0 amide bonds. The highest BCUT2D eigenvalue weighted by Gasteiger charge is 2.42. The van der Waals surface area contributed by atoms with E-state index in [1.54, 1.807) is 0 Å². The number of Topliss-reactive ketones (excluding diaryl/α,β-unsaturated/α-hetero) is 1. The molecule has 1 unspecified atom stereocenters. The van der Waals surface area contributed by atoms with E-state index in [1.807, 2.05) is 0 Å². The van der Waals surface area contributed by atoms with E-state index >= 15 is 0 Å². The molecule has 0 heterocycles. The van der Waals surface area contributed by atoms with E-state index in [0.717, 1.165) is 32.1 Å². The van der Waals surface area contributed by atoms with Gasteiger partial charge in [-0.15, -0.1) is 0 Å². The lowest BCUT2D eigenvalue weighted by molar-refractivity contribution is -0.166. The molecule has 1 aliphatic rings. The molecule has 6 nitrogen and oxygen atoms in total. The van der Waals surface area contributed by atoms with Gasteiger partial charge in [-0.2, -0.15) is 0 Å². The summed E-state index contributed by atoms with van der Waals surface area (Å²) >= 11 is 0. The monoisotopic (exact) mass is 292 g/mol. The van der Waals surface area contributed by atoms with Crippen LogP contribution < -0.4 is 0 Å². The maximum Gasteiger partial charge on any atom is 0.322 e. The van der Waals surface area contributed by atoms with Crippen molar-refractivity contribution in [3.8, 4) is 0 Å². The van der Waals surface area contributed by atoms with Gasteiger partial charge in [-0.05, 0) is 39.5 Å². The summed E-state index contributed by atoms with van der Waals surface area (Å²) in [7, 11) is -3.09. The first-order valence-electron chi connectivity index (χ1n) is 6.35. The number of rotatable bonds is 6. The lowest BCUT2D eigenvalue weighted by atomic mass is 9.87. The molecular weight excluding hydrogens is 272 g/mol. The topological polar surface area (TPSA) is 86.7 Å². The Kier molecular flexibility index (Phi) is 5.93.